The van der Waals surface area contributed by atoms with E-state index in [2.05, 4.69) is 5.32 Å². The van der Waals surface area contributed by atoms with Crippen LogP contribution in [0.3, 0.4) is 0 Å². The summed E-state index contributed by atoms with van der Waals surface area (Å²) in [6, 6.07) is 10.7. The Balaban J connectivity index is 1.51. The van der Waals surface area contributed by atoms with Gasteiger partial charge in [0.15, 0.2) is 11.6 Å². The van der Waals surface area contributed by atoms with Crippen LogP contribution in [0.2, 0.25) is 0 Å². The number of hydrogen-bond acceptors (Lipinski definition) is 5. The van der Waals surface area contributed by atoms with Gasteiger partial charge < -0.3 is 10.1 Å². The van der Waals surface area contributed by atoms with Crippen molar-refractivity contribution in [3.8, 4) is 0 Å². The number of rotatable bonds is 9. The monoisotopic (exact) mass is 470 g/mol. The van der Waals surface area contributed by atoms with Gasteiger partial charge in [-0.15, -0.1) is 11.8 Å². The average molecular weight is 471 g/mol. The summed E-state index contributed by atoms with van der Waals surface area (Å²) in [5.74, 6) is -1.76. The number of nitrogens with one attached hydrogen (secondary N) is 1. The largest absolute Gasteiger partial charge is 0.379 e. The van der Waals surface area contributed by atoms with Gasteiger partial charge in [-0.1, -0.05) is 24.3 Å². The zero-order chi connectivity index (χ0) is 22.3. The number of ether oxygens (including phenoxy) is 1. The Hall–Kier alpha value is -2.01. The van der Waals surface area contributed by atoms with Gasteiger partial charge >= 0.3 is 0 Å². The summed E-state index contributed by atoms with van der Waals surface area (Å²) in [7, 11) is -3.47. The molecule has 1 N–H and O–H groups in total. The molecule has 1 amide bonds. The molecule has 1 aliphatic rings. The number of nitrogens with zero attached hydrogens (tertiary/aromatic N) is 1. The Labute approximate surface area is 185 Å². The fourth-order valence-corrected chi connectivity index (χ4v) is 5.53. The molecule has 0 aliphatic carbocycles. The summed E-state index contributed by atoms with van der Waals surface area (Å²) in [6.45, 7) is 1.68. The Bertz CT molecular complexity index is 1010. The van der Waals surface area contributed by atoms with Gasteiger partial charge in [-0.2, -0.15) is 4.31 Å². The van der Waals surface area contributed by atoms with Crippen molar-refractivity contribution in [2.75, 3.05) is 32.1 Å². The number of halogens is 2. The molecule has 1 fully saturated rings. The van der Waals surface area contributed by atoms with Gasteiger partial charge in [0.05, 0.1) is 19.0 Å². The van der Waals surface area contributed by atoms with E-state index in [1.54, 1.807) is 24.3 Å². The van der Waals surface area contributed by atoms with Crippen LogP contribution in [-0.4, -0.2) is 50.7 Å². The summed E-state index contributed by atoms with van der Waals surface area (Å²) in [6.07, 6.45) is 0.192. The molecule has 1 saturated heterocycles. The second-order valence-corrected chi connectivity index (χ2v) is 10.1. The summed E-state index contributed by atoms with van der Waals surface area (Å²) >= 11 is 1.26. The van der Waals surface area contributed by atoms with Crippen molar-refractivity contribution in [3.63, 3.8) is 0 Å². The zero-order valence-electron chi connectivity index (χ0n) is 16.9. The van der Waals surface area contributed by atoms with Crippen LogP contribution in [0.5, 0.6) is 0 Å². The highest BCUT2D eigenvalue weighted by atomic mass is 32.2. The zero-order valence-corrected chi connectivity index (χ0v) is 18.5. The van der Waals surface area contributed by atoms with Crippen LogP contribution >= 0.6 is 11.8 Å². The van der Waals surface area contributed by atoms with Crippen LogP contribution in [0.25, 0.3) is 0 Å². The lowest BCUT2D eigenvalue weighted by Crippen LogP contribution is -2.41. The van der Waals surface area contributed by atoms with Gasteiger partial charge in [0, 0.05) is 36.7 Å². The van der Waals surface area contributed by atoms with Crippen molar-refractivity contribution in [1.29, 1.82) is 0 Å². The first kappa shape index (κ1) is 23.6. The van der Waals surface area contributed by atoms with Crippen molar-refractivity contribution in [3.05, 3.63) is 65.2 Å². The number of thioether (sulfide) groups is 1. The van der Waals surface area contributed by atoms with Gasteiger partial charge in [0.1, 0.15) is 0 Å². The normalized spacial score (nSPS) is 15.0. The summed E-state index contributed by atoms with van der Waals surface area (Å²) in [5, 5.41) is 2.80. The molecule has 0 aromatic heterocycles. The van der Waals surface area contributed by atoms with E-state index < -0.39 is 21.7 Å². The van der Waals surface area contributed by atoms with Gasteiger partial charge in [-0.05, 0) is 29.3 Å². The molecule has 31 heavy (non-hydrogen) atoms. The van der Waals surface area contributed by atoms with Gasteiger partial charge in [-0.3, -0.25) is 4.79 Å². The molecule has 0 bridgehead atoms. The van der Waals surface area contributed by atoms with E-state index in [4.69, 9.17) is 4.74 Å². The van der Waals surface area contributed by atoms with E-state index in [1.165, 1.54) is 22.1 Å². The molecule has 0 spiro atoms. The molecule has 2 aromatic carbocycles. The third-order valence-corrected chi connectivity index (χ3v) is 7.61. The van der Waals surface area contributed by atoms with Gasteiger partial charge in [-0.25, -0.2) is 17.2 Å². The molecule has 0 unspecified atom stereocenters. The number of morpholine rings is 1. The lowest BCUT2D eigenvalue weighted by Gasteiger charge is -2.26. The molecule has 1 aliphatic heterocycles. The minimum absolute atomic E-state index is 0.134. The summed E-state index contributed by atoms with van der Waals surface area (Å²) < 4.78 is 58.2. The number of benzene rings is 2. The lowest BCUT2D eigenvalue weighted by atomic mass is 10.1. The van der Waals surface area contributed by atoms with Gasteiger partial charge in [0.2, 0.25) is 15.9 Å². The number of sulfonamides is 1. The van der Waals surface area contributed by atoms with E-state index in [0.29, 0.717) is 42.5 Å². The second kappa shape index (κ2) is 11.0. The maximum atomic E-state index is 13.2. The predicted molar refractivity (Wildman–Crippen MR) is 115 cm³/mol. The molecule has 0 radical (unpaired) electrons. The molecular weight excluding hydrogens is 446 g/mol. The highest BCUT2D eigenvalue weighted by molar-refractivity contribution is 7.99. The minimum Gasteiger partial charge on any atom is -0.379 e. The molecule has 2 aromatic rings. The van der Waals surface area contributed by atoms with E-state index in [9.17, 15) is 22.0 Å². The number of carbonyl (C=O) groups is 1. The number of carbonyl (C=O) groups excluding carboxylic acids is 1. The molecule has 0 atom stereocenters. The van der Waals surface area contributed by atoms with E-state index >= 15 is 0 Å². The van der Waals surface area contributed by atoms with Crippen LogP contribution in [0.15, 0.2) is 47.4 Å². The topological polar surface area (TPSA) is 75.7 Å². The third-order valence-electron chi connectivity index (χ3n) is 4.78. The van der Waals surface area contributed by atoms with Crippen LogP contribution in [0.1, 0.15) is 17.5 Å². The summed E-state index contributed by atoms with van der Waals surface area (Å²) in [4.78, 5) is 12.7. The Morgan fingerprint density at radius 3 is 2.48 bits per heavy atom. The van der Waals surface area contributed by atoms with E-state index in [1.807, 2.05) is 0 Å². The molecule has 0 saturated carbocycles. The number of hydrogen-bond donors (Lipinski definition) is 1. The van der Waals surface area contributed by atoms with Crippen molar-refractivity contribution in [1.82, 2.24) is 9.62 Å². The Morgan fingerprint density at radius 2 is 1.77 bits per heavy atom. The lowest BCUT2D eigenvalue weighted by molar-refractivity contribution is -0.120. The first-order valence-electron chi connectivity index (χ1n) is 9.82. The molecule has 168 valence electrons. The second-order valence-electron chi connectivity index (χ2n) is 6.99. The van der Waals surface area contributed by atoms with Gasteiger partial charge in [0.25, 0.3) is 0 Å². The van der Waals surface area contributed by atoms with Crippen molar-refractivity contribution >= 4 is 27.7 Å². The first-order valence-corrected chi connectivity index (χ1v) is 12.4. The third kappa shape index (κ3) is 6.99. The first-order chi connectivity index (χ1) is 14.8. The number of amides is 1. The predicted octanol–water partition coefficient (Wildman–Crippen LogP) is 2.93. The molecule has 6 nitrogen and oxygen atoms in total. The van der Waals surface area contributed by atoms with E-state index in [0.717, 1.165) is 17.7 Å². The standard InChI is InChI=1S/C21H24F2N2O4S2/c22-19-6-5-18(13-20(19)23)30-12-7-21(26)24-14-16-3-1-2-4-17(16)15-31(27,28)25-8-10-29-11-9-25/h1-6,13H,7-12,14-15H2,(H,24,26). The SMILES string of the molecule is O=C(CCSc1ccc(F)c(F)c1)NCc1ccccc1CS(=O)(=O)N1CCOCC1. The maximum Gasteiger partial charge on any atom is 0.221 e. The fraction of sp³-hybridized carbons (Fsp3) is 0.381. The van der Waals surface area contributed by atoms with Crippen LogP contribution in [0.4, 0.5) is 8.78 Å². The van der Waals surface area contributed by atoms with Crippen LogP contribution in [-0.2, 0) is 31.9 Å². The fourth-order valence-electron chi connectivity index (χ4n) is 3.09. The Kier molecular flexibility index (Phi) is 8.42. The van der Waals surface area contributed by atoms with Crippen molar-refractivity contribution in [2.45, 2.75) is 23.6 Å². The van der Waals surface area contributed by atoms with Crippen LogP contribution < -0.4 is 5.32 Å². The van der Waals surface area contributed by atoms with Crippen LogP contribution in [0, 0.1) is 11.6 Å². The van der Waals surface area contributed by atoms with E-state index in [-0.39, 0.29) is 24.6 Å². The quantitative estimate of drug-likeness (QED) is 0.571. The minimum atomic E-state index is -3.47. The summed E-state index contributed by atoms with van der Waals surface area (Å²) in [5.41, 5.74) is 1.38. The average Bonchev–Trinajstić information content (AvgIpc) is 2.76. The molecule has 3 rings (SSSR count). The highest BCUT2D eigenvalue weighted by Crippen LogP contribution is 2.21. The maximum absolute atomic E-state index is 13.2. The van der Waals surface area contributed by atoms with Crippen molar-refractivity contribution < 1.29 is 26.7 Å². The molecule has 10 heteroatoms. The Morgan fingerprint density at radius 1 is 1.06 bits per heavy atom. The van der Waals surface area contributed by atoms with Crippen molar-refractivity contribution in [2.24, 2.45) is 0 Å². The molecule has 1 heterocycles. The smallest absolute Gasteiger partial charge is 0.221 e. The molecular formula is C21H24F2N2O4S2. The highest BCUT2D eigenvalue weighted by Gasteiger charge is 2.25.